The summed E-state index contributed by atoms with van der Waals surface area (Å²) in [6, 6.07) is 19.3. The van der Waals surface area contributed by atoms with Crippen molar-refractivity contribution < 1.29 is 8.42 Å². The summed E-state index contributed by atoms with van der Waals surface area (Å²) in [5.41, 5.74) is 4.25. The van der Waals surface area contributed by atoms with Crippen LogP contribution in [-0.4, -0.2) is 40.8 Å². The van der Waals surface area contributed by atoms with Crippen molar-refractivity contribution in [3.8, 4) is 22.5 Å². The molecule has 4 heterocycles. The topological polar surface area (TPSA) is 79.0 Å². The van der Waals surface area contributed by atoms with Crippen molar-refractivity contribution in [2.75, 3.05) is 13.1 Å². The summed E-state index contributed by atoms with van der Waals surface area (Å²) in [5, 5.41) is 1.05. The van der Waals surface area contributed by atoms with Crippen LogP contribution in [0.2, 0.25) is 0 Å². The summed E-state index contributed by atoms with van der Waals surface area (Å²) in [6.45, 7) is 3.26. The Bertz CT molecular complexity index is 1320. The minimum absolute atomic E-state index is 0.0960. The van der Waals surface area contributed by atoms with Gasteiger partial charge in [-0.3, -0.25) is 0 Å². The lowest BCUT2D eigenvalue weighted by molar-refractivity contribution is 0.287. The highest BCUT2D eigenvalue weighted by Crippen LogP contribution is 2.28. The lowest BCUT2D eigenvalue weighted by Crippen LogP contribution is -2.38. The highest BCUT2D eigenvalue weighted by Gasteiger charge is 2.29. The van der Waals surface area contributed by atoms with E-state index in [2.05, 4.69) is 27.9 Å². The van der Waals surface area contributed by atoms with Gasteiger partial charge in [0.05, 0.1) is 5.69 Å². The molecule has 0 spiro atoms. The Morgan fingerprint density at radius 1 is 0.968 bits per heavy atom. The summed E-state index contributed by atoms with van der Waals surface area (Å²) in [5.74, 6) is 0.561. The average molecular weight is 433 g/mol. The van der Waals surface area contributed by atoms with Gasteiger partial charge in [0.15, 0.2) is 5.03 Å². The van der Waals surface area contributed by atoms with Gasteiger partial charge in [0, 0.05) is 35.9 Å². The number of sulfonamides is 1. The number of hydrogen-bond acceptors (Lipinski definition) is 4. The third kappa shape index (κ3) is 3.86. The molecule has 31 heavy (non-hydrogen) atoms. The van der Waals surface area contributed by atoms with Crippen LogP contribution in [0.25, 0.3) is 33.5 Å². The Balaban J connectivity index is 1.48. The number of H-pyrrole nitrogens is 1. The molecule has 0 amide bonds. The lowest BCUT2D eigenvalue weighted by atomic mass is 10.0. The monoisotopic (exact) mass is 432 g/mol. The minimum Gasteiger partial charge on any atom is -0.339 e. The van der Waals surface area contributed by atoms with Crippen LogP contribution < -0.4 is 0 Å². The zero-order valence-electron chi connectivity index (χ0n) is 17.3. The van der Waals surface area contributed by atoms with Crippen molar-refractivity contribution in [3.05, 3.63) is 66.9 Å². The fourth-order valence-corrected chi connectivity index (χ4v) is 5.43. The molecular formula is C24H24N4O2S. The molecule has 1 aliphatic heterocycles. The maximum Gasteiger partial charge on any atom is 0.260 e. The third-order valence-corrected chi connectivity index (χ3v) is 7.72. The SMILES string of the molecule is CC1CCN(S(=O)(=O)c2cccc(-c3cnc4[nH]c(-c5ccccc5)cc4c3)n2)CC1. The number of piperidine rings is 1. The summed E-state index contributed by atoms with van der Waals surface area (Å²) >= 11 is 0. The summed E-state index contributed by atoms with van der Waals surface area (Å²) in [7, 11) is -3.59. The molecule has 0 bridgehead atoms. The summed E-state index contributed by atoms with van der Waals surface area (Å²) in [4.78, 5) is 12.4. The quantitative estimate of drug-likeness (QED) is 0.506. The third-order valence-electron chi connectivity index (χ3n) is 5.92. The first-order valence-corrected chi connectivity index (χ1v) is 12.0. The second-order valence-corrected chi connectivity index (χ2v) is 10.0. The van der Waals surface area contributed by atoms with Crippen molar-refractivity contribution >= 4 is 21.1 Å². The fourth-order valence-electron chi connectivity index (χ4n) is 4.01. The molecule has 1 saturated heterocycles. The van der Waals surface area contributed by atoms with E-state index in [4.69, 9.17) is 0 Å². The van der Waals surface area contributed by atoms with Gasteiger partial charge in [0.25, 0.3) is 10.0 Å². The van der Waals surface area contributed by atoms with Gasteiger partial charge in [-0.05, 0) is 48.6 Å². The van der Waals surface area contributed by atoms with Gasteiger partial charge in [-0.25, -0.2) is 18.4 Å². The van der Waals surface area contributed by atoms with Crippen molar-refractivity contribution in [2.24, 2.45) is 5.92 Å². The first-order chi connectivity index (χ1) is 15.0. The van der Waals surface area contributed by atoms with Crippen LogP contribution in [0.5, 0.6) is 0 Å². The Labute approximate surface area is 182 Å². The smallest absolute Gasteiger partial charge is 0.260 e. The zero-order valence-corrected chi connectivity index (χ0v) is 18.1. The molecule has 0 unspecified atom stereocenters. The van der Waals surface area contributed by atoms with Crippen molar-refractivity contribution in [1.29, 1.82) is 0 Å². The highest BCUT2D eigenvalue weighted by molar-refractivity contribution is 7.89. The number of fused-ring (bicyclic) bond motifs is 1. The van der Waals surface area contributed by atoms with Crippen molar-refractivity contribution in [2.45, 2.75) is 24.8 Å². The largest absolute Gasteiger partial charge is 0.339 e. The molecule has 1 aromatic carbocycles. The number of pyridine rings is 2. The predicted octanol–water partition coefficient (Wildman–Crippen LogP) is 4.71. The Hall–Kier alpha value is -3.03. The van der Waals surface area contributed by atoms with E-state index in [9.17, 15) is 8.42 Å². The number of hydrogen-bond donors (Lipinski definition) is 1. The van der Waals surface area contributed by atoms with E-state index >= 15 is 0 Å². The Morgan fingerprint density at radius 2 is 1.74 bits per heavy atom. The van der Waals surface area contributed by atoms with Crippen LogP contribution in [-0.2, 0) is 10.0 Å². The van der Waals surface area contributed by atoms with Crippen LogP contribution in [0.3, 0.4) is 0 Å². The standard InChI is InChI=1S/C24H24N4O2S/c1-17-10-12-28(13-11-17)31(29,30)23-9-5-8-21(26-23)20-14-19-15-22(27-24(19)25-16-20)18-6-3-2-4-7-18/h2-9,14-17H,10-13H2,1H3,(H,25,27). The fraction of sp³-hybridized carbons (Fsp3) is 0.250. The Morgan fingerprint density at radius 3 is 2.52 bits per heavy atom. The molecule has 0 aliphatic carbocycles. The first kappa shape index (κ1) is 19.9. The number of aromatic amines is 1. The van der Waals surface area contributed by atoms with E-state index in [1.165, 1.54) is 0 Å². The molecule has 5 rings (SSSR count). The molecule has 4 aromatic rings. The van der Waals surface area contributed by atoms with Gasteiger partial charge in [-0.1, -0.05) is 43.3 Å². The van der Waals surface area contributed by atoms with Crippen molar-refractivity contribution in [1.82, 2.24) is 19.3 Å². The lowest BCUT2D eigenvalue weighted by Gasteiger charge is -2.29. The number of nitrogens with zero attached hydrogens (tertiary/aromatic N) is 3. The summed E-state index contributed by atoms with van der Waals surface area (Å²) in [6.07, 6.45) is 3.50. The van der Waals surface area contributed by atoms with Gasteiger partial charge >= 0.3 is 0 Å². The normalized spacial score (nSPS) is 16.0. The molecule has 7 heteroatoms. The van der Waals surface area contributed by atoms with E-state index < -0.39 is 10.0 Å². The summed E-state index contributed by atoms with van der Waals surface area (Å²) < 4.78 is 27.7. The molecule has 1 aliphatic rings. The molecule has 158 valence electrons. The Kier molecular flexibility index (Phi) is 5.08. The highest BCUT2D eigenvalue weighted by atomic mass is 32.2. The van der Waals surface area contributed by atoms with Gasteiger partial charge in [0.2, 0.25) is 0 Å². The van der Waals surface area contributed by atoms with Crippen LogP contribution in [0.1, 0.15) is 19.8 Å². The van der Waals surface area contributed by atoms with Gasteiger partial charge < -0.3 is 4.98 Å². The molecule has 0 saturated carbocycles. The van der Waals surface area contributed by atoms with Gasteiger partial charge in [-0.15, -0.1) is 0 Å². The number of benzene rings is 1. The molecule has 3 aromatic heterocycles. The second-order valence-electron chi connectivity index (χ2n) is 8.16. The van der Waals surface area contributed by atoms with Gasteiger partial charge in [-0.2, -0.15) is 4.31 Å². The first-order valence-electron chi connectivity index (χ1n) is 10.5. The second kappa shape index (κ2) is 7.90. The van der Waals surface area contributed by atoms with E-state index in [-0.39, 0.29) is 5.03 Å². The van der Waals surface area contributed by atoms with Crippen molar-refractivity contribution in [3.63, 3.8) is 0 Å². The molecule has 0 radical (unpaired) electrons. The molecule has 1 fully saturated rings. The molecule has 1 N–H and O–H groups in total. The van der Waals surface area contributed by atoms with E-state index in [1.807, 2.05) is 42.5 Å². The van der Waals surface area contributed by atoms with Crippen LogP contribution in [0.4, 0.5) is 0 Å². The molecular weight excluding hydrogens is 408 g/mol. The van der Waals surface area contributed by atoms with Crippen LogP contribution in [0.15, 0.2) is 71.9 Å². The van der Waals surface area contributed by atoms with E-state index in [0.29, 0.717) is 24.7 Å². The minimum atomic E-state index is -3.59. The molecule has 0 atom stereocenters. The number of rotatable bonds is 4. The molecule has 6 nitrogen and oxygen atoms in total. The van der Waals surface area contributed by atoms with E-state index in [0.717, 1.165) is 40.7 Å². The predicted molar refractivity (Wildman–Crippen MR) is 122 cm³/mol. The van der Waals surface area contributed by atoms with Crippen LogP contribution >= 0.6 is 0 Å². The zero-order chi connectivity index (χ0) is 21.4. The van der Waals surface area contributed by atoms with Crippen LogP contribution in [0, 0.1) is 5.92 Å². The maximum atomic E-state index is 13.1. The number of nitrogens with one attached hydrogen (secondary N) is 1. The van der Waals surface area contributed by atoms with E-state index in [1.54, 1.807) is 22.6 Å². The maximum absolute atomic E-state index is 13.1. The average Bonchev–Trinajstić information content (AvgIpc) is 3.23. The van der Waals surface area contributed by atoms with Gasteiger partial charge in [0.1, 0.15) is 5.65 Å². The number of aromatic nitrogens is 3.